The average Bonchev–Trinajstić information content (AvgIpc) is 1.87. The molecule has 0 bridgehead atoms. The zero-order chi connectivity index (χ0) is 5.28. The number of rotatable bonds is 0. The van der Waals surface area contributed by atoms with Crippen molar-refractivity contribution >= 4 is 34.1 Å². The van der Waals surface area contributed by atoms with E-state index >= 15 is 0 Å². The van der Waals surface area contributed by atoms with Crippen molar-refractivity contribution in [3.63, 3.8) is 0 Å². The fourth-order valence-corrected chi connectivity index (χ4v) is 1.32. The number of hydrazine groups is 1. The Bertz CT molecular complexity index is 84.9. The minimum absolute atomic E-state index is 0.262. The molecule has 1 aliphatic rings. The van der Waals surface area contributed by atoms with Gasteiger partial charge in [0.15, 0.2) is 0 Å². The van der Waals surface area contributed by atoms with Crippen LogP contribution in [-0.4, -0.2) is 14.9 Å². The molecule has 0 saturated carbocycles. The molecule has 0 saturated heterocycles. The summed E-state index contributed by atoms with van der Waals surface area (Å²) < 4.78 is 1.58. The highest BCUT2D eigenvalue weighted by molar-refractivity contribution is 9.11. The summed E-state index contributed by atoms with van der Waals surface area (Å²) in [5.41, 5.74) is 0. The third-order valence-electron chi connectivity index (χ3n) is 0.506. The van der Waals surface area contributed by atoms with Crippen molar-refractivity contribution in [1.82, 2.24) is 4.52 Å². The number of alkyl halides is 1. The van der Waals surface area contributed by atoms with Gasteiger partial charge in [-0.25, -0.2) is 5.84 Å². The van der Waals surface area contributed by atoms with Crippen LogP contribution >= 0.6 is 27.9 Å². The molecule has 1 unspecified atom stereocenters. The number of hydrazone groups is 1. The summed E-state index contributed by atoms with van der Waals surface area (Å²) in [4.78, 5) is 0. The number of hydrogen-bond donors (Lipinski definition) is 1. The molecule has 0 radical (unpaired) electrons. The Hall–Kier alpha value is 0.260. The molecule has 1 aliphatic heterocycles. The quantitative estimate of drug-likeness (QED) is 0.337. The van der Waals surface area contributed by atoms with Gasteiger partial charge in [-0.2, -0.15) is 9.62 Å². The van der Waals surface area contributed by atoms with Gasteiger partial charge in [-0.15, -0.1) is 0 Å². The van der Waals surface area contributed by atoms with Gasteiger partial charge in [0.2, 0.25) is 0 Å². The van der Waals surface area contributed by atoms with Crippen LogP contribution in [0, 0.1) is 0 Å². The second kappa shape index (κ2) is 2.02. The monoisotopic (exact) mass is 181 g/mol. The van der Waals surface area contributed by atoms with Crippen LogP contribution < -0.4 is 5.84 Å². The fourth-order valence-electron chi connectivity index (χ4n) is 0.276. The first-order valence-corrected chi connectivity index (χ1v) is 3.44. The van der Waals surface area contributed by atoms with Crippen molar-refractivity contribution in [2.45, 2.75) is 4.16 Å². The van der Waals surface area contributed by atoms with Gasteiger partial charge in [0, 0.05) is 11.9 Å². The lowest BCUT2D eigenvalue weighted by molar-refractivity contribution is 0.548. The predicted molar refractivity (Wildman–Crippen MR) is 34.8 cm³/mol. The lowest BCUT2D eigenvalue weighted by atomic mass is 10.9. The first-order valence-electron chi connectivity index (χ1n) is 1.69. The largest absolute Gasteiger partial charge is 0.220 e. The Morgan fingerprint density at radius 1 is 2.00 bits per heavy atom. The number of nitrogens with two attached hydrogens (primary N) is 1. The van der Waals surface area contributed by atoms with E-state index in [4.69, 9.17) is 5.84 Å². The SMILES string of the molecule is NN1N=CC(Br)S1. The molecule has 7 heavy (non-hydrogen) atoms. The Labute approximate surface area is 54.2 Å². The van der Waals surface area contributed by atoms with Gasteiger partial charge >= 0.3 is 0 Å². The summed E-state index contributed by atoms with van der Waals surface area (Å²) in [5, 5.41) is 3.72. The Morgan fingerprint density at radius 3 is 2.86 bits per heavy atom. The maximum atomic E-state index is 5.19. The number of hydrogen-bond acceptors (Lipinski definition) is 4. The second-order valence-electron chi connectivity index (χ2n) is 1.02. The summed E-state index contributed by atoms with van der Waals surface area (Å²) in [6, 6.07) is 0. The first kappa shape index (κ1) is 5.40. The topological polar surface area (TPSA) is 41.6 Å². The first-order chi connectivity index (χ1) is 3.29. The van der Waals surface area contributed by atoms with E-state index in [2.05, 4.69) is 21.0 Å². The van der Waals surface area contributed by atoms with Gasteiger partial charge < -0.3 is 0 Å². The lowest BCUT2D eigenvalue weighted by Gasteiger charge is -2.00. The minimum atomic E-state index is 0.262. The van der Waals surface area contributed by atoms with E-state index in [1.807, 2.05) is 0 Å². The third-order valence-corrected chi connectivity index (χ3v) is 1.88. The van der Waals surface area contributed by atoms with Gasteiger partial charge in [-0.3, -0.25) is 0 Å². The van der Waals surface area contributed by atoms with E-state index < -0.39 is 0 Å². The number of nitrogens with zero attached hydrogens (tertiary/aromatic N) is 2. The molecule has 40 valence electrons. The summed E-state index contributed by atoms with van der Waals surface area (Å²) in [5.74, 6) is 5.19. The molecule has 3 nitrogen and oxygen atoms in total. The standard InChI is InChI=1S/C2H4BrN3S/c3-2-1-5-6(4)7-2/h1-2H,4H2. The highest BCUT2D eigenvalue weighted by atomic mass is 79.9. The average molecular weight is 182 g/mol. The molecule has 0 aromatic carbocycles. The molecule has 0 amide bonds. The van der Waals surface area contributed by atoms with Crippen LogP contribution in [-0.2, 0) is 0 Å². The van der Waals surface area contributed by atoms with Crippen molar-refractivity contribution in [2.24, 2.45) is 10.9 Å². The maximum absolute atomic E-state index is 5.19. The van der Waals surface area contributed by atoms with Crippen molar-refractivity contribution in [3.8, 4) is 0 Å². The van der Waals surface area contributed by atoms with Crippen LogP contribution in [0.15, 0.2) is 5.10 Å². The van der Waals surface area contributed by atoms with Gasteiger partial charge in [0.1, 0.15) is 4.16 Å². The van der Waals surface area contributed by atoms with Crippen molar-refractivity contribution in [1.29, 1.82) is 0 Å². The predicted octanol–water partition coefficient (Wildman–Crippen LogP) is 0.531. The van der Waals surface area contributed by atoms with Gasteiger partial charge in [0.05, 0.1) is 6.21 Å². The third kappa shape index (κ3) is 1.32. The van der Waals surface area contributed by atoms with Crippen LogP contribution in [0.3, 0.4) is 0 Å². The molecule has 0 fully saturated rings. The van der Waals surface area contributed by atoms with Crippen LogP contribution in [0.1, 0.15) is 0 Å². The van der Waals surface area contributed by atoms with E-state index in [-0.39, 0.29) is 4.16 Å². The lowest BCUT2D eigenvalue weighted by Crippen LogP contribution is -2.12. The van der Waals surface area contributed by atoms with Gasteiger partial charge in [-0.1, -0.05) is 15.9 Å². The zero-order valence-electron chi connectivity index (χ0n) is 3.41. The molecular weight excluding hydrogens is 178 g/mol. The fraction of sp³-hybridized carbons (Fsp3) is 0.500. The summed E-state index contributed by atoms with van der Waals surface area (Å²) in [6.07, 6.45) is 1.73. The number of halogens is 1. The Kier molecular flexibility index (Phi) is 1.56. The normalized spacial score (nSPS) is 29.4. The molecule has 0 spiro atoms. The molecule has 0 aromatic rings. The van der Waals surface area contributed by atoms with Gasteiger partial charge in [0.25, 0.3) is 0 Å². The Morgan fingerprint density at radius 2 is 2.71 bits per heavy atom. The molecule has 0 aromatic heterocycles. The van der Waals surface area contributed by atoms with Gasteiger partial charge in [-0.05, 0) is 0 Å². The summed E-state index contributed by atoms with van der Waals surface area (Å²) in [6.45, 7) is 0. The van der Waals surface area contributed by atoms with E-state index in [0.29, 0.717) is 0 Å². The van der Waals surface area contributed by atoms with E-state index in [9.17, 15) is 0 Å². The van der Waals surface area contributed by atoms with Crippen LogP contribution in [0.4, 0.5) is 0 Å². The molecule has 0 aliphatic carbocycles. The Balaban J connectivity index is 2.42. The molecule has 1 heterocycles. The highest BCUT2D eigenvalue weighted by Gasteiger charge is 2.10. The second-order valence-corrected chi connectivity index (χ2v) is 3.71. The van der Waals surface area contributed by atoms with Crippen LogP contribution in [0.2, 0.25) is 0 Å². The minimum Gasteiger partial charge on any atom is -0.220 e. The van der Waals surface area contributed by atoms with Crippen molar-refractivity contribution < 1.29 is 0 Å². The maximum Gasteiger partial charge on any atom is 0.120 e. The molecular formula is C2H4BrN3S. The highest BCUT2D eigenvalue weighted by Crippen LogP contribution is 2.22. The van der Waals surface area contributed by atoms with Crippen molar-refractivity contribution in [2.75, 3.05) is 0 Å². The molecule has 1 rings (SSSR count). The van der Waals surface area contributed by atoms with E-state index in [1.165, 1.54) is 16.5 Å². The van der Waals surface area contributed by atoms with Crippen molar-refractivity contribution in [3.05, 3.63) is 0 Å². The summed E-state index contributed by atoms with van der Waals surface area (Å²) in [7, 11) is 0. The van der Waals surface area contributed by atoms with Crippen LogP contribution in [0.25, 0.3) is 0 Å². The molecule has 2 N–H and O–H groups in total. The van der Waals surface area contributed by atoms with E-state index in [0.717, 1.165) is 0 Å². The van der Waals surface area contributed by atoms with E-state index in [1.54, 1.807) is 6.21 Å². The summed E-state index contributed by atoms with van der Waals surface area (Å²) >= 11 is 4.70. The smallest absolute Gasteiger partial charge is 0.120 e. The van der Waals surface area contributed by atoms with Crippen LogP contribution in [0.5, 0.6) is 0 Å². The molecule has 1 atom stereocenters. The molecule has 5 heteroatoms. The zero-order valence-corrected chi connectivity index (χ0v) is 5.82.